The van der Waals surface area contributed by atoms with Crippen LogP contribution in [0, 0.1) is 41.7 Å². The molecule has 0 atom stereocenters. The Morgan fingerprint density at radius 3 is 0.429 bits per heavy atom. The Bertz CT molecular complexity index is 8.04. The van der Waals surface area contributed by atoms with E-state index in [1.807, 2.05) is 0 Å². The van der Waals surface area contributed by atoms with Gasteiger partial charge in [-0.25, -0.2) is 0 Å². The summed E-state index contributed by atoms with van der Waals surface area (Å²) in [6.45, 7) is 0. The van der Waals surface area contributed by atoms with Crippen molar-refractivity contribution in [2.75, 3.05) is 0 Å². The molecule has 1 radical (unpaired) electrons. The third-order valence-electron chi connectivity index (χ3n) is 0. The SMILES string of the molecule is [Ce+3].[OH-].[OH-].[OH-].[OH-].[OH-].[Sr+2]. The van der Waals surface area contributed by atoms with Gasteiger partial charge >= 0.3 is 87.2 Å². The van der Waals surface area contributed by atoms with Crippen LogP contribution in [-0.4, -0.2) is 72.9 Å². The van der Waals surface area contributed by atoms with Gasteiger partial charge in [0.05, 0.1) is 0 Å². The molecule has 5 N–H and O–H groups in total. The normalized spacial score (nSPS) is 0. The molecule has 0 saturated carbocycles. The molecule has 0 heterocycles. The van der Waals surface area contributed by atoms with Crippen molar-refractivity contribution in [2.45, 2.75) is 0 Å². The maximum absolute atomic E-state index is 0. The van der Waals surface area contributed by atoms with E-state index in [0.717, 1.165) is 0 Å². The fourth-order valence-corrected chi connectivity index (χ4v) is 0. The average Bonchev–Trinajstić information content (AvgIpc) is 0. The predicted molar refractivity (Wildman–Crippen MR) is 15.4 cm³/mol. The molecule has 7 heavy (non-hydrogen) atoms. The largest absolute Gasteiger partial charge is 3.00 e. The molecule has 0 unspecified atom stereocenters. The molecule has 0 fully saturated rings. The summed E-state index contributed by atoms with van der Waals surface area (Å²) in [6, 6.07) is 0. The zero-order chi connectivity index (χ0) is 0. The Morgan fingerprint density at radius 2 is 0.429 bits per heavy atom. The Balaban J connectivity index is 0. The summed E-state index contributed by atoms with van der Waals surface area (Å²) in [7, 11) is 0. The Kier molecular flexibility index (Phi) is 1050. The molecular weight excluding hydrogens is 308 g/mol. The standard InChI is InChI=1S/Ce.5H2O.Sr/h;5*1H2;/q+3;;;;;;+2/p-5. The monoisotopic (exact) mass is 313 g/mol. The number of rotatable bonds is 0. The van der Waals surface area contributed by atoms with E-state index in [2.05, 4.69) is 0 Å². The second kappa shape index (κ2) is 71.9. The summed E-state index contributed by atoms with van der Waals surface area (Å²) in [6.07, 6.45) is 0. The zero-order valence-electron chi connectivity index (χ0n) is 3.44. The minimum absolute atomic E-state index is 0. The van der Waals surface area contributed by atoms with Crippen LogP contribution >= 0.6 is 0 Å². The van der Waals surface area contributed by atoms with Crippen molar-refractivity contribution in [2.24, 2.45) is 0 Å². The van der Waals surface area contributed by atoms with Gasteiger partial charge < -0.3 is 27.4 Å². The Labute approximate surface area is 112 Å². The summed E-state index contributed by atoms with van der Waals surface area (Å²) in [5.41, 5.74) is 0. The van der Waals surface area contributed by atoms with Gasteiger partial charge in [-0.1, -0.05) is 0 Å². The van der Waals surface area contributed by atoms with Crippen molar-refractivity contribution in [3.8, 4) is 0 Å². The van der Waals surface area contributed by atoms with Crippen LogP contribution in [0.2, 0.25) is 0 Å². The summed E-state index contributed by atoms with van der Waals surface area (Å²) >= 11 is 0. The van der Waals surface area contributed by atoms with Crippen molar-refractivity contribution >= 4 is 45.5 Å². The molecule has 0 aliphatic heterocycles. The van der Waals surface area contributed by atoms with Crippen LogP contribution < -0.4 is 0 Å². The summed E-state index contributed by atoms with van der Waals surface area (Å²) in [5, 5.41) is 0. The van der Waals surface area contributed by atoms with Crippen molar-refractivity contribution in [1.82, 2.24) is 0 Å². The zero-order valence-corrected chi connectivity index (χ0v) is 10.1. The van der Waals surface area contributed by atoms with Crippen molar-refractivity contribution in [1.29, 1.82) is 0 Å². The quantitative estimate of drug-likeness (QED) is 0.511. The van der Waals surface area contributed by atoms with Crippen LogP contribution in [0.3, 0.4) is 0 Å². The van der Waals surface area contributed by atoms with Crippen LogP contribution in [0.5, 0.6) is 0 Å². The Hall–Kier alpha value is 2.66. The molecule has 0 aromatic carbocycles. The topological polar surface area (TPSA) is 150 Å². The van der Waals surface area contributed by atoms with Gasteiger partial charge in [-0.2, -0.15) is 0 Å². The van der Waals surface area contributed by atoms with E-state index >= 15 is 0 Å². The van der Waals surface area contributed by atoms with Crippen molar-refractivity contribution < 1.29 is 69.1 Å². The van der Waals surface area contributed by atoms with Crippen LogP contribution in [-0.2, 0) is 0 Å². The van der Waals surface area contributed by atoms with Crippen molar-refractivity contribution in [3.63, 3.8) is 0 Å². The predicted octanol–water partition coefficient (Wildman–Crippen LogP) is -1.26. The molecule has 7 heteroatoms. The number of hydrogen-bond donors (Lipinski definition) is 0. The molecule has 0 rings (SSSR count). The molecule has 0 aromatic rings. The van der Waals surface area contributed by atoms with Gasteiger partial charge in [0.2, 0.25) is 0 Å². The first kappa shape index (κ1) is 103. The van der Waals surface area contributed by atoms with E-state index in [9.17, 15) is 0 Å². The van der Waals surface area contributed by atoms with E-state index < -0.39 is 0 Å². The van der Waals surface area contributed by atoms with Gasteiger partial charge in [0.25, 0.3) is 0 Å². The first-order valence-electron chi connectivity index (χ1n) is 0. The molecule has 0 amide bonds. The molecule has 5 nitrogen and oxygen atoms in total. The first-order valence-corrected chi connectivity index (χ1v) is 0. The summed E-state index contributed by atoms with van der Waals surface area (Å²) in [4.78, 5) is 0. The van der Waals surface area contributed by atoms with E-state index in [4.69, 9.17) is 0 Å². The molecule has 41 valence electrons. The van der Waals surface area contributed by atoms with Gasteiger partial charge in [-0.3, -0.25) is 0 Å². The average molecular weight is 313 g/mol. The fraction of sp³-hybridized carbons (Fsp3) is 0. The van der Waals surface area contributed by atoms with Gasteiger partial charge in [-0.05, 0) is 0 Å². The molecule has 0 saturated heterocycles. The van der Waals surface area contributed by atoms with Crippen LogP contribution in [0.15, 0.2) is 0 Å². The third-order valence-corrected chi connectivity index (χ3v) is 0. The molecule has 0 aliphatic carbocycles. The fourth-order valence-electron chi connectivity index (χ4n) is 0. The van der Waals surface area contributed by atoms with Crippen LogP contribution in [0.1, 0.15) is 0 Å². The minimum Gasteiger partial charge on any atom is -0.870 e. The second-order valence-electron chi connectivity index (χ2n) is 0. The van der Waals surface area contributed by atoms with Crippen LogP contribution in [0.4, 0.5) is 0 Å². The summed E-state index contributed by atoms with van der Waals surface area (Å²) in [5.74, 6) is 0. The van der Waals surface area contributed by atoms with Crippen molar-refractivity contribution in [3.05, 3.63) is 0 Å². The van der Waals surface area contributed by atoms with E-state index in [1.165, 1.54) is 0 Å². The third kappa shape index (κ3) is 54.3. The molecular formula is H5CeO5Sr. The maximum Gasteiger partial charge on any atom is 3.00 e. The van der Waals surface area contributed by atoms with Gasteiger partial charge in [0, 0.05) is 0 Å². The van der Waals surface area contributed by atoms with E-state index in [-0.39, 0.29) is 115 Å². The van der Waals surface area contributed by atoms with Gasteiger partial charge in [0.1, 0.15) is 0 Å². The van der Waals surface area contributed by atoms with E-state index in [1.54, 1.807) is 0 Å². The van der Waals surface area contributed by atoms with Crippen LogP contribution in [0.25, 0.3) is 0 Å². The van der Waals surface area contributed by atoms with E-state index in [0.29, 0.717) is 0 Å². The minimum atomic E-state index is 0. The first-order chi connectivity index (χ1) is 0. The molecule has 0 spiro atoms. The number of hydrogen-bond acceptors (Lipinski definition) is 5. The molecule has 0 bridgehead atoms. The smallest absolute Gasteiger partial charge is 0.870 e. The molecule has 0 aromatic heterocycles. The van der Waals surface area contributed by atoms with Gasteiger partial charge in [0.15, 0.2) is 0 Å². The second-order valence-corrected chi connectivity index (χ2v) is 0. The maximum atomic E-state index is 0. The summed E-state index contributed by atoms with van der Waals surface area (Å²) < 4.78 is 0. The Morgan fingerprint density at radius 1 is 0.429 bits per heavy atom. The van der Waals surface area contributed by atoms with Gasteiger partial charge in [-0.15, -0.1) is 0 Å². The molecule has 0 aliphatic rings.